The van der Waals surface area contributed by atoms with Crippen molar-refractivity contribution in [2.24, 2.45) is 0 Å². The van der Waals surface area contributed by atoms with Crippen LogP contribution < -0.4 is 10.3 Å². The first-order valence-electron chi connectivity index (χ1n) is 8.64. The Balaban J connectivity index is 2.13. The monoisotopic (exact) mass is 419 g/mol. The SMILES string of the molecule is COC(=O)C(C)Oc1ccc(Cl)c2[nH]c(=O)c(Cc3ccc(Cl)cc3)c(C)c12. The molecule has 0 bridgehead atoms. The summed E-state index contributed by atoms with van der Waals surface area (Å²) in [6.07, 6.45) is -0.382. The van der Waals surface area contributed by atoms with Gasteiger partial charge >= 0.3 is 5.97 Å². The van der Waals surface area contributed by atoms with Gasteiger partial charge in [0.25, 0.3) is 5.56 Å². The van der Waals surface area contributed by atoms with Gasteiger partial charge in [-0.1, -0.05) is 35.3 Å². The number of hydrogen-bond acceptors (Lipinski definition) is 4. The molecule has 5 nitrogen and oxygen atoms in total. The number of benzene rings is 2. The van der Waals surface area contributed by atoms with Crippen LogP contribution >= 0.6 is 23.2 Å². The number of fused-ring (bicyclic) bond motifs is 1. The van der Waals surface area contributed by atoms with Gasteiger partial charge in [0.1, 0.15) is 5.75 Å². The van der Waals surface area contributed by atoms with E-state index in [-0.39, 0.29) is 5.56 Å². The van der Waals surface area contributed by atoms with E-state index in [0.29, 0.717) is 38.7 Å². The number of halogens is 2. The van der Waals surface area contributed by atoms with E-state index in [4.69, 9.17) is 32.7 Å². The molecule has 0 aliphatic heterocycles. The molecule has 1 heterocycles. The number of aromatic amines is 1. The third-order valence-electron chi connectivity index (χ3n) is 4.59. The van der Waals surface area contributed by atoms with Crippen LogP contribution in [0.15, 0.2) is 41.2 Å². The van der Waals surface area contributed by atoms with Crippen molar-refractivity contribution in [1.29, 1.82) is 0 Å². The second-order valence-corrected chi connectivity index (χ2v) is 7.28. The van der Waals surface area contributed by atoms with E-state index in [1.807, 2.05) is 19.1 Å². The number of nitrogens with one attached hydrogen (secondary N) is 1. The van der Waals surface area contributed by atoms with Crippen molar-refractivity contribution in [2.75, 3.05) is 7.11 Å². The quantitative estimate of drug-likeness (QED) is 0.609. The molecule has 0 fully saturated rings. The number of H-pyrrole nitrogens is 1. The minimum Gasteiger partial charge on any atom is -0.478 e. The fourth-order valence-electron chi connectivity index (χ4n) is 3.08. The van der Waals surface area contributed by atoms with Gasteiger partial charge < -0.3 is 14.5 Å². The van der Waals surface area contributed by atoms with Gasteiger partial charge in [-0.3, -0.25) is 4.79 Å². The number of esters is 1. The molecule has 0 aliphatic carbocycles. The summed E-state index contributed by atoms with van der Waals surface area (Å²) < 4.78 is 10.5. The van der Waals surface area contributed by atoms with Gasteiger partial charge in [0.15, 0.2) is 6.10 Å². The lowest BCUT2D eigenvalue weighted by atomic mass is 9.98. The molecule has 0 spiro atoms. The smallest absolute Gasteiger partial charge is 0.346 e. The van der Waals surface area contributed by atoms with Crippen LogP contribution in [-0.2, 0) is 16.0 Å². The molecule has 28 heavy (non-hydrogen) atoms. The maximum Gasteiger partial charge on any atom is 0.346 e. The third kappa shape index (κ3) is 4.01. The van der Waals surface area contributed by atoms with Crippen LogP contribution in [0.4, 0.5) is 0 Å². The molecule has 146 valence electrons. The van der Waals surface area contributed by atoms with E-state index in [1.165, 1.54) is 7.11 Å². The summed E-state index contributed by atoms with van der Waals surface area (Å²) in [6, 6.07) is 10.6. The predicted octanol–water partition coefficient (Wildman–Crippen LogP) is 4.67. The first-order valence-corrected chi connectivity index (χ1v) is 9.40. The molecular weight excluding hydrogens is 401 g/mol. The van der Waals surface area contributed by atoms with E-state index < -0.39 is 12.1 Å². The molecule has 0 aliphatic rings. The molecule has 1 atom stereocenters. The molecule has 0 saturated carbocycles. The van der Waals surface area contributed by atoms with Crippen molar-refractivity contribution in [1.82, 2.24) is 4.98 Å². The molecule has 0 saturated heterocycles. The van der Waals surface area contributed by atoms with Crippen molar-refractivity contribution >= 4 is 40.1 Å². The number of ether oxygens (including phenoxy) is 2. The summed E-state index contributed by atoms with van der Waals surface area (Å²) in [7, 11) is 1.30. The fourth-order valence-corrected chi connectivity index (χ4v) is 3.42. The van der Waals surface area contributed by atoms with Gasteiger partial charge in [-0.2, -0.15) is 0 Å². The zero-order chi connectivity index (χ0) is 20.4. The summed E-state index contributed by atoms with van der Waals surface area (Å²) in [4.78, 5) is 27.3. The average Bonchev–Trinajstić information content (AvgIpc) is 2.68. The Kier molecular flexibility index (Phi) is 5.96. The van der Waals surface area contributed by atoms with E-state index >= 15 is 0 Å². The van der Waals surface area contributed by atoms with Gasteiger partial charge in [-0.05, 0) is 49.2 Å². The van der Waals surface area contributed by atoms with Crippen LogP contribution in [0.5, 0.6) is 5.75 Å². The van der Waals surface area contributed by atoms with Crippen molar-refractivity contribution in [3.05, 3.63) is 73.5 Å². The lowest BCUT2D eigenvalue weighted by Gasteiger charge is -2.17. The number of methoxy groups -OCH3 is 1. The fraction of sp³-hybridized carbons (Fsp3) is 0.238. The Morgan fingerprint density at radius 1 is 1.14 bits per heavy atom. The summed E-state index contributed by atoms with van der Waals surface area (Å²) in [5.41, 5.74) is 2.53. The average molecular weight is 420 g/mol. The number of aryl methyl sites for hydroxylation is 1. The first kappa shape index (κ1) is 20.2. The molecule has 0 radical (unpaired) electrons. The molecule has 1 N–H and O–H groups in total. The number of rotatable bonds is 5. The van der Waals surface area contributed by atoms with Gasteiger partial charge in [-0.15, -0.1) is 0 Å². The Morgan fingerprint density at radius 3 is 2.46 bits per heavy atom. The molecule has 1 unspecified atom stereocenters. The molecule has 3 aromatic rings. The van der Waals surface area contributed by atoms with E-state index in [2.05, 4.69) is 4.98 Å². The predicted molar refractivity (Wildman–Crippen MR) is 111 cm³/mol. The topological polar surface area (TPSA) is 68.4 Å². The lowest BCUT2D eigenvalue weighted by molar-refractivity contribution is -0.147. The number of pyridine rings is 1. The van der Waals surface area contributed by atoms with Crippen LogP contribution in [0.1, 0.15) is 23.6 Å². The number of carbonyl (C=O) groups excluding carboxylic acids is 1. The Morgan fingerprint density at radius 2 is 1.82 bits per heavy atom. The second kappa shape index (κ2) is 8.25. The maximum absolute atomic E-state index is 12.7. The highest BCUT2D eigenvalue weighted by molar-refractivity contribution is 6.35. The minimum absolute atomic E-state index is 0.222. The summed E-state index contributed by atoms with van der Waals surface area (Å²) in [5, 5.41) is 1.69. The number of aromatic nitrogens is 1. The molecule has 7 heteroatoms. The van der Waals surface area contributed by atoms with Crippen LogP contribution in [0.2, 0.25) is 10.0 Å². The minimum atomic E-state index is -0.805. The van der Waals surface area contributed by atoms with Crippen molar-refractivity contribution in [3.63, 3.8) is 0 Å². The first-order chi connectivity index (χ1) is 13.3. The number of hydrogen-bond donors (Lipinski definition) is 1. The molecule has 0 amide bonds. The van der Waals surface area contributed by atoms with E-state index in [9.17, 15) is 9.59 Å². The molecule has 2 aromatic carbocycles. The van der Waals surface area contributed by atoms with Gasteiger partial charge in [-0.25, -0.2) is 4.79 Å². The van der Waals surface area contributed by atoms with Crippen molar-refractivity contribution in [2.45, 2.75) is 26.4 Å². The van der Waals surface area contributed by atoms with E-state index in [1.54, 1.807) is 31.2 Å². The molecule has 3 rings (SSSR count). The van der Waals surface area contributed by atoms with Crippen LogP contribution in [0.25, 0.3) is 10.9 Å². The summed E-state index contributed by atoms with van der Waals surface area (Å²) in [5.74, 6) is -0.0463. The van der Waals surface area contributed by atoms with Gasteiger partial charge in [0.05, 0.1) is 17.6 Å². The lowest BCUT2D eigenvalue weighted by Crippen LogP contribution is -2.25. The van der Waals surface area contributed by atoms with Crippen LogP contribution in [0.3, 0.4) is 0 Å². The Hall–Kier alpha value is -2.50. The zero-order valence-electron chi connectivity index (χ0n) is 15.6. The summed E-state index contributed by atoms with van der Waals surface area (Å²) >= 11 is 12.2. The van der Waals surface area contributed by atoms with Gasteiger partial charge in [0.2, 0.25) is 0 Å². The van der Waals surface area contributed by atoms with Gasteiger partial charge in [0, 0.05) is 22.4 Å². The van der Waals surface area contributed by atoms with Crippen LogP contribution in [-0.4, -0.2) is 24.2 Å². The standard InChI is InChI=1S/C21H19Cl2NO4/c1-11-15(10-13-4-6-14(22)7-5-13)20(25)24-19-16(23)8-9-17(18(11)19)28-12(2)21(26)27-3/h4-9,12H,10H2,1-3H3,(H,24,25). The highest BCUT2D eigenvalue weighted by atomic mass is 35.5. The van der Waals surface area contributed by atoms with Crippen LogP contribution in [0, 0.1) is 6.92 Å². The van der Waals surface area contributed by atoms with Crippen molar-refractivity contribution < 1.29 is 14.3 Å². The largest absolute Gasteiger partial charge is 0.478 e. The van der Waals surface area contributed by atoms with Crippen molar-refractivity contribution in [3.8, 4) is 5.75 Å². The zero-order valence-corrected chi connectivity index (χ0v) is 17.1. The molecular formula is C21H19Cl2NO4. The number of carbonyl (C=O) groups is 1. The normalized spacial score (nSPS) is 12.0. The Bertz CT molecular complexity index is 1090. The molecule has 1 aromatic heterocycles. The highest BCUT2D eigenvalue weighted by Crippen LogP contribution is 2.34. The third-order valence-corrected chi connectivity index (χ3v) is 5.15. The highest BCUT2D eigenvalue weighted by Gasteiger charge is 2.20. The Labute approximate surface area is 172 Å². The summed E-state index contributed by atoms with van der Waals surface area (Å²) in [6.45, 7) is 3.44. The second-order valence-electron chi connectivity index (χ2n) is 6.44. The maximum atomic E-state index is 12.7. The van der Waals surface area contributed by atoms with E-state index in [0.717, 1.165) is 11.1 Å².